The summed E-state index contributed by atoms with van der Waals surface area (Å²) in [6.45, 7) is 0. The summed E-state index contributed by atoms with van der Waals surface area (Å²) in [6.07, 6.45) is 0. The lowest BCUT2D eigenvalue weighted by atomic mass is 9.67. The van der Waals surface area contributed by atoms with Gasteiger partial charge < -0.3 is 18.3 Å². The molecule has 0 N–H and O–H groups in total. The molecule has 4 heteroatoms. The van der Waals surface area contributed by atoms with Crippen LogP contribution in [0.4, 0.5) is 0 Å². The molecule has 2 aliphatic carbocycles. The van der Waals surface area contributed by atoms with Crippen molar-refractivity contribution in [2.75, 3.05) is 0 Å². The summed E-state index contributed by atoms with van der Waals surface area (Å²) in [4.78, 5) is 0. The maximum absolute atomic E-state index is 2.47. The van der Waals surface area contributed by atoms with Gasteiger partial charge in [0.1, 0.15) is 0 Å². The second kappa shape index (κ2) is 27.4. The molecule has 0 radical (unpaired) electrons. The first kappa shape index (κ1) is 69.3. The largest absolute Gasteiger partial charge is 0.309 e. The van der Waals surface area contributed by atoms with Crippen molar-refractivity contribution in [3.05, 3.63) is 506 Å². The summed E-state index contributed by atoms with van der Waals surface area (Å²) in [7, 11) is 0. The van der Waals surface area contributed by atoms with Gasteiger partial charge in [-0.25, -0.2) is 0 Å². The summed E-state index contributed by atoms with van der Waals surface area (Å²) in [5.74, 6) is 0. The average Bonchev–Trinajstić information content (AvgIpc) is 1.52. The van der Waals surface area contributed by atoms with Crippen LogP contribution in [-0.2, 0) is 10.8 Å². The van der Waals surface area contributed by atoms with Crippen molar-refractivity contribution in [3.8, 4) is 67.3 Å². The molecule has 26 rings (SSSR count). The maximum Gasteiger partial charge on any atom is 0.0720 e. The Morgan fingerprint density at radius 1 is 0.172 bits per heavy atom. The molecule has 4 nitrogen and oxygen atoms in total. The van der Waals surface area contributed by atoms with Gasteiger partial charge in [-0.2, -0.15) is 0 Å². The van der Waals surface area contributed by atoms with E-state index in [4.69, 9.17) is 0 Å². The van der Waals surface area contributed by atoms with Crippen LogP contribution in [0.25, 0.3) is 176 Å². The van der Waals surface area contributed by atoms with Crippen molar-refractivity contribution in [3.63, 3.8) is 0 Å². The predicted octanol–water partition coefficient (Wildman–Crippen LogP) is 30.1. The van der Waals surface area contributed by atoms with Crippen LogP contribution in [0.15, 0.2) is 461 Å². The first-order valence-electron chi connectivity index (χ1n) is 42.4. The highest BCUT2D eigenvalue weighted by atomic mass is 15.0. The molecule has 0 saturated carbocycles. The maximum atomic E-state index is 2.47. The standard InChI is InChI=1S/2C59H38N2/c1-4-19-42(20-5-1)59(43-21-6-2-7-22-43)50-28-14-12-27-47(50)57-51(59)33-36-56-58(57)49-38-41(32-35-55(49)60(56)44-23-8-3-9-24-44)40-31-34-54-48(37-40)46-26-13-15-29-53(46)61(54)52-30-16-18-39-17-10-11-25-45(39)52;1-4-19-42(20-5-1)59(43-21-6-2-7-22-43)51-28-14-12-26-46(51)48-33-36-56-57(58(48)59)50-38-41(32-35-55(50)60(56)44-23-8-3-9-24-44)40-31-34-54-49(37-40)47-27-13-15-29-53(47)61(54)52-30-16-18-39-17-10-11-25-45(39)52/h2*1-38H. The second-order valence-electron chi connectivity index (χ2n) is 32.8. The normalized spacial score (nSPS) is 13.0. The van der Waals surface area contributed by atoms with E-state index < -0.39 is 10.8 Å². The number of hydrogen-bond donors (Lipinski definition) is 0. The van der Waals surface area contributed by atoms with Crippen molar-refractivity contribution >= 4 is 109 Å². The van der Waals surface area contributed by atoms with Crippen LogP contribution in [-0.4, -0.2) is 18.3 Å². The number of para-hydroxylation sites is 4. The fraction of sp³-hybridized carbons (Fsp3) is 0.0169. The predicted molar refractivity (Wildman–Crippen MR) is 511 cm³/mol. The molecule has 568 valence electrons. The molecule has 20 aromatic carbocycles. The third-order valence-corrected chi connectivity index (χ3v) is 26.7. The molecule has 0 bridgehead atoms. The molecule has 0 amide bonds. The van der Waals surface area contributed by atoms with Gasteiger partial charge in [0.05, 0.1) is 66.3 Å². The monoisotopic (exact) mass is 1550 g/mol. The minimum atomic E-state index is -0.540. The molecule has 4 heterocycles. The lowest BCUT2D eigenvalue weighted by Crippen LogP contribution is -2.28. The Labute approximate surface area is 705 Å². The molecule has 4 aromatic heterocycles. The molecule has 0 aliphatic heterocycles. The Morgan fingerprint density at radius 3 is 0.975 bits per heavy atom. The fourth-order valence-electron chi connectivity index (χ4n) is 21.8. The molecule has 0 spiro atoms. The molecule has 0 unspecified atom stereocenters. The van der Waals surface area contributed by atoms with Crippen LogP contribution >= 0.6 is 0 Å². The topological polar surface area (TPSA) is 19.7 Å². The lowest BCUT2D eigenvalue weighted by molar-refractivity contribution is 0.769. The highest BCUT2D eigenvalue weighted by molar-refractivity contribution is 6.21. The molecular formula is C118H76N4. The first-order chi connectivity index (χ1) is 60.6. The van der Waals surface area contributed by atoms with Crippen molar-refractivity contribution in [1.29, 1.82) is 0 Å². The number of nitrogens with zero attached hydrogens (tertiary/aromatic N) is 4. The van der Waals surface area contributed by atoms with Gasteiger partial charge in [-0.1, -0.05) is 352 Å². The van der Waals surface area contributed by atoms with Gasteiger partial charge in [0.25, 0.3) is 0 Å². The van der Waals surface area contributed by atoms with E-state index in [-0.39, 0.29) is 0 Å². The van der Waals surface area contributed by atoms with Gasteiger partial charge in [-0.05, 0) is 209 Å². The highest BCUT2D eigenvalue weighted by Crippen LogP contribution is 2.62. The Balaban J connectivity index is 0.000000134. The number of rotatable bonds is 10. The number of fused-ring (bicyclic) bond motifs is 22. The van der Waals surface area contributed by atoms with E-state index in [1.54, 1.807) is 0 Å². The SMILES string of the molecule is c1ccc(-n2c3ccc(-c4ccc5c(c4)c4ccccc4n5-c4cccc5ccccc45)cc3c3c4c(ccc32)-c2ccccc2C4(c2ccccc2)c2ccccc2)cc1.c1ccc(-n2c3ccc(-c4ccc5c(c4)c4ccccc4n5-c4cccc5ccccc45)cc3c3c4c(ccc32)C(c2ccccc2)(c2ccccc2)c2ccccc2-4)cc1. The van der Waals surface area contributed by atoms with Crippen LogP contribution in [0.2, 0.25) is 0 Å². The van der Waals surface area contributed by atoms with Crippen molar-refractivity contribution < 1.29 is 0 Å². The van der Waals surface area contributed by atoms with E-state index in [9.17, 15) is 0 Å². The van der Waals surface area contributed by atoms with Crippen molar-refractivity contribution in [2.45, 2.75) is 10.8 Å². The Hall–Kier alpha value is -15.9. The van der Waals surface area contributed by atoms with E-state index in [0.29, 0.717) is 0 Å². The Bertz CT molecular complexity index is 8270. The zero-order valence-electron chi connectivity index (χ0n) is 66.7. The van der Waals surface area contributed by atoms with Gasteiger partial charge in [-0.3, -0.25) is 0 Å². The summed E-state index contributed by atoms with van der Waals surface area (Å²) in [6, 6.07) is 171. The number of hydrogen-bond acceptors (Lipinski definition) is 0. The molecule has 0 fully saturated rings. The Morgan fingerprint density at radius 2 is 0.500 bits per heavy atom. The van der Waals surface area contributed by atoms with Gasteiger partial charge in [0.15, 0.2) is 0 Å². The molecule has 0 saturated heterocycles. The molecule has 0 atom stereocenters. The molecule has 122 heavy (non-hydrogen) atoms. The quantitative estimate of drug-likeness (QED) is 0.130. The second-order valence-corrected chi connectivity index (χ2v) is 32.8. The van der Waals surface area contributed by atoms with Gasteiger partial charge in [0, 0.05) is 65.2 Å². The van der Waals surface area contributed by atoms with E-state index in [2.05, 4.69) is 479 Å². The number of aromatic nitrogens is 4. The molecule has 24 aromatic rings. The summed E-state index contributed by atoms with van der Waals surface area (Å²) in [5, 5.41) is 15.0. The summed E-state index contributed by atoms with van der Waals surface area (Å²) < 4.78 is 9.82. The average molecular weight is 1550 g/mol. The van der Waals surface area contributed by atoms with Crippen LogP contribution < -0.4 is 0 Å². The highest BCUT2D eigenvalue weighted by Gasteiger charge is 2.49. The Kier molecular flexibility index (Phi) is 15.5. The van der Waals surface area contributed by atoms with Gasteiger partial charge in [-0.15, -0.1) is 0 Å². The third-order valence-electron chi connectivity index (χ3n) is 26.7. The van der Waals surface area contributed by atoms with E-state index in [1.165, 1.54) is 209 Å². The smallest absolute Gasteiger partial charge is 0.0720 e. The lowest BCUT2D eigenvalue weighted by Gasteiger charge is -2.34. The number of benzene rings is 20. The van der Waals surface area contributed by atoms with Crippen molar-refractivity contribution in [2.24, 2.45) is 0 Å². The van der Waals surface area contributed by atoms with E-state index >= 15 is 0 Å². The minimum absolute atomic E-state index is 0.481. The fourth-order valence-corrected chi connectivity index (χ4v) is 21.8. The molecular weight excluding hydrogens is 1470 g/mol. The summed E-state index contributed by atoms with van der Waals surface area (Å²) in [5.41, 5.74) is 33.7. The van der Waals surface area contributed by atoms with Crippen LogP contribution in [0.5, 0.6) is 0 Å². The zero-order chi connectivity index (χ0) is 80.1. The zero-order valence-corrected chi connectivity index (χ0v) is 66.7. The van der Waals surface area contributed by atoms with Gasteiger partial charge in [0.2, 0.25) is 0 Å². The minimum Gasteiger partial charge on any atom is -0.309 e. The third kappa shape index (κ3) is 10.0. The van der Waals surface area contributed by atoms with Gasteiger partial charge >= 0.3 is 0 Å². The van der Waals surface area contributed by atoms with Crippen LogP contribution in [0.3, 0.4) is 0 Å². The summed E-state index contributed by atoms with van der Waals surface area (Å²) >= 11 is 0. The van der Waals surface area contributed by atoms with Crippen LogP contribution in [0.1, 0.15) is 44.5 Å². The van der Waals surface area contributed by atoms with Crippen LogP contribution in [0, 0.1) is 0 Å². The van der Waals surface area contributed by atoms with Crippen molar-refractivity contribution in [1.82, 2.24) is 18.3 Å². The van der Waals surface area contributed by atoms with E-state index in [1.807, 2.05) is 0 Å². The molecule has 2 aliphatic rings. The first-order valence-corrected chi connectivity index (χ1v) is 42.4. The van der Waals surface area contributed by atoms with E-state index in [0.717, 1.165) is 11.4 Å².